The number of nitrogen functional groups attached to an aromatic ring is 1. The Hall–Kier alpha value is -2.15. The average molecular weight is 301 g/mol. The summed E-state index contributed by atoms with van der Waals surface area (Å²) in [4.78, 5) is 11.1. The quantitative estimate of drug-likeness (QED) is 0.875. The Morgan fingerprint density at radius 3 is 2.68 bits per heavy atom. The number of hydrogen-bond donors (Lipinski definition) is 2. The lowest BCUT2D eigenvalue weighted by Gasteiger charge is -2.18. The first kappa shape index (κ1) is 14.8. The van der Waals surface area contributed by atoms with Crippen LogP contribution in [0, 0.1) is 13.8 Å². The van der Waals surface area contributed by atoms with E-state index in [2.05, 4.69) is 25.3 Å². The minimum atomic E-state index is 0.308. The van der Waals surface area contributed by atoms with Crippen molar-refractivity contribution in [3.63, 3.8) is 0 Å². The zero-order valence-electron chi connectivity index (χ0n) is 13.6. The molecule has 0 saturated carbocycles. The van der Waals surface area contributed by atoms with Crippen LogP contribution in [0.1, 0.15) is 17.8 Å². The van der Waals surface area contributed by atoms with Gasteiger partial charge < -0.3 is 16.0 Å². The third kappa shape index (κ3) is 2.52. The Labute approximate surface area is 130 Å². The van der Waals surface area contributed by atoms with Gasteiger partial charge in [-0.05, 0) is 27.3 Å². The molecule has 1 aliphatic rings. The fraction of sp³-hybridized carbons (Fsp3) is 0.533. The Balaban J connectivity index is 2.00. The molecule has 3 rings (SSSR count). The van der Waals surface area contributed by atoms with Gasteiger partial charge >= 0.3 is 0 Å². The lowest BCUT2D eigenvalue weighted by Crippen LogP contribution is -2.30. The zero-order valence-corrected chi connectivity index (χ0v) is 13.6. The molecule has 3 N–H and O–H groups in total. The van der Waals surface area contributed by atoms with Crippen LogP contribution in [0.15, 0.2) is 6.07 Å². The normalized spacial score (nSPS) is 18.2. The largest absolute Gasteiger partial charge is 0.368 e. The van der Waals surface area contributed by atoms with E-state index in [9.17, 15) is 0 Å². The van der Waals surface area contributed by atoms with Crippen molar-refractivity contribution in [1.29, 1.82) is 0 Å². The van der Waals surface area contributed by atoms with E-state index in [1.54, 1.807) is 0 Å². The predicted octanol–water partition coefficient (Wildman–Crippen LogP) is 0.874. The Morgan fingerprint density at radius 2 is 2.09 bits per heavy atom. The van der Waals surface area contributed by atoms with Gasteiger partial charge in [0.15, 0.2) is 0 Å². The minimum Gasteiger partial charge on any atom is -0.368 e. The molecule has 2 aromatic rings. The van der Waals surface area contributed by atoms with E-state index in [-0.39, 0.29) is 0 Å². The van der Waals surface area contributed by atoms with Crippen LogP contribution in [0.2, 0.25) is 0 Å². The van der Waals surface area contributed by atoms with Gasteiger partial charge in [-0.2, -0.15) is 10.1 Å². The Kier molecular flexibility index (Phi) is 3.74. The third-order valence-corrected chi connectivity index (χ3v) is 4.42. The molecule has 1 saturated heterocycles. The van der Waals surface area contributed by atoms with Crippen molar-refractivity contribution < 1.29 is 0 Å². The van der Waals surface area contributed by atoms with E-state index in [0.29, 0.717) is 12.0 Å². The Bertz CT molecular complexity index is 691. The minimum absolute atomic E-state index is 0.308. The summed E-state index contributed by atoms with van der Waals surface area (Å²) in [5, 5.41) is 7.78. The number of hydrogen-bond acceptors (Lipinski definition) is 6. The number of aromatic nitrogens is 4. The van der Waals surface area contributed by atoms with E-state index in [0.717, 1.165) is 48.0 Å². The predicted molar refractivity (Wildman–Crippen MR) is 87.8 cm³/mol. The maximum absolute atomic E-state index is 5.95. The molecule has 0 spiro atoms. The van der Waals surface area contributed by atoms with Crippen LogP contribution in [0.4, 0.5) is 11.8 Å². The van der Waals surface area contributed by atoms with Crippen LogP contribution in [0.3, 0.4) is 0 Å². The zero-order chi connectivity index (χ0) is 15.9. The number of aryl methyl sites for hydroxylation is 2. The molecule has 0 aromatic carbocycles. The highest BCUT2D eigenvalue weighted by Gasteiger charge is 2.23. The van der Waals surface area contributed by atoms with Crippen molar-refractivity contribution >= 4 is 11.8 Å². The summed E-state index contributed by atoms with van der Waals surface area (Å²) < 4.78 is 1.87. The first-order valence-corrected chi connectivity index (χ1v) is 7.57. The highest BCUT2D eigenvalue weighted by molar-refractivity contribution is 5.69. The van der Waals surface area contributed by atoms with Crippen LogP contribution >= 0.6 is 0 Å². The number of rotatable bonds is 3. The first-order valence-electron chi connectivity index (χ1n) is 7.57. The molecule has 7 heteroatoms. The standard InChI is InChI=1S/C15H23N7/c1-9-14(10(2)21(4)20-9)12-7-13(19-15(16)18-12)22-6-5-11(8-22)17-3/h7,11,17H,5-6,8H2,1-4H3,(H2,16,18,19)/t11-/m1/s1. The van der Waals surface area contributed by atoms with Crippen molar-refractivity contribution in [2.45, 2.75) is 26.3 Å². The van der Waals surface area contributed by atoms with Gasteiger partial charge in [-0.25, -0.2) is 4.98 Å². The van der Waals surface area contributed by atoms with E-state index >= 15 is 0 Å². The summed E-state index contributed by atoms with van der Waals surface area (Å²) in [6, 6.07) is 2.52. The molecule has 0 aliphatic carbocycles. The van der Waals surface area contributed by atoms with Crippen molar-refractivity contribution in [2.24, 2.45) is 7.05 Å². The van der Waals surface area contributed by atoms with Crippen molar-refractivity contribution in [3.05, 3.63) is 17.5 Å². The van der Waals surface area contributed by atoms with E-state index < -0.39 is 0 Å². The van der Waals surface area contributed by atoms with Gasteiger partial charge in [-0.3, -0.25) is 4.68 Å². The lowest BCUT2D eigenvalue weighted by atomic mass is 10.1. The van der Waals surface area contributed by atoms with Gasteiger partial charge in [0.2, 0.25) is 5.95 Å². The SMILES string of the molecule is CN[C@@H]1CCN(c2cc(-c3c(C)nn(C)c3C)nc(N)n2)C1. The molecule has 1 aliphatic heterocycles. The van der Waals surface area contributed by atoms with E-state index in [4.69, 9.17) is 5.73 Å². The number of anilines is 2. The molecular formula is C15H23N7. The van der Waals surface area contributed by atoms with E-state index in [1.165, 1.54) is 0 Å². The Morgan fingerprint density at radius 1 is 1.32 bits per heavy atom. The molecule has 2 aromatic heterocycles. The molecule has 0 unspecified atom stereocenters. The highest BCUT2D eigenvalue weighted by atomic mass is 15.3. The van der Waals surface area contributed by atoms with Crippen molar-refractivity contribution in [2.75, 3.05) is 30.8 Å². The first-order chi connectivity index (χ1) is 10.5. The molecule has 22 heavy (non-hydrogen) atoms. The summed E-state index contributed by atoms with van der Waals surface area (Å²) in [7, 11) is 3.94. The van der Waals surface area contributed by atoms with Crippen molar-refractivity contribution in [1.82, 2.24) is 25.1 Å². The van der Waals surface area contributed by atoms with Gasteiger partial charge in [0.05, 0.1) is 11.4 Å². The second kappa shape index (κ2) is 5.57. The van der Waals surface area contributed by atoms with Gasteiger partial charge in [-0.1, -0.05) is 0 Å². The van der Waals surface area contributed by atoms with Crippen LogP contribution in [-0.2, 0) is 7.05 Å². The molecule has 118 valence electrons. The molecule has 3 heterocycles. The average Bonchev–Trinajstić information content (AvgIpc) is 3.04. The van der Waals surface area contributed by atoms with Gasteiger partial charge in [0.25, 0.3) is 0 Å². The smallest absolute Gasteiger partial charge is 0.222 e. The summed E-state index contributed by atoms with van der Waals surface area (Å²) in [6.45, 7) is 5.96. The highest BCUT2D eigenvalue weighted by Crippen LogP contribution is 2.29. The second-order valence-electron chi connectivity index (χ2n) is 5.86. The monoisotopic (exact) mass is 301 g/mol. The molecule has 7 nitrogen and oxygen atoms in total. The lowest BCUT2D eigenvalue weighted by molar-refractivity contribution is 0.616. The maximum Gasteiger partial charge on any atom is 0.222 e. The van der Waals surface area contributed by atoms with E-state index in [1.807, 2.05) is 38.7 Å². The van der Waals surface area contributed by atoms with Crippen LogP contribution in [0.5, 0.6) is 0 Å². The number of likely N-dealkylation sites (N-methyl/N-ethyl adjacent to an activating group) is 1. The fourth-order valence-electron chi connectivity index (χ4n) is 3.09. The van der Waals surface area contributed by atoms with Gasteiger partial charge in [-0.15, -0.1) is 0 Å². The van der Waals surface area contributed by atoms with Gasteiger partial charge in [0, 0.05) is 43.5 Å². The third-order valence-electron chi connectivity index (χ3n) is 4.42. The molecule has 0 bridgehead atoms. The van der Waals surface area contributed by atoms with Crippen LogP contribution < -0.4 is 16.0 Å². The van der Waals surface area contributed by atoms with Gasteiger partial charge in [0.1, 0.15) is 5.82 Å². The topological polar surface area (TPSA) is 84.9 Å². The summed E-state index contributed by atoms with van der Waals surface area (Å²) in [6.07, 6.45) is 1.11. The second-order valence-corrected chi connectivity index (χ2v) is 5.86. The maximum atomic E-state index is 5.95. The molecule has 1 atom stereocenters. The molecule has 0 amide bonds. The van der Waals surface area contributed by atoms with Crippen LogP contribution in [-0.4, -0.2) is 45.9 Å². The summed E-state index contributed by atoms with van der Waals surface area (Å²) in [5.74, 6) is 1.20. The molecule has 1 fully saturated rings. The fourth-order valence-corrected chi connectivity index (χ4v) is 3.09. The molecular weight excluding hydrogens is 278 g/mol. The van der Waals surface area contributed by atoms with Crippen molar-refractivity contribution in [3.8, 4) is 11.3 Å². The van der Waals surface area contributed by atoms with Crippen LogP contribution in [0.25, 0.3) is 11.3 Å². The number of nitrogens with zero attached hydrogens (tertiary/aromatic N) is 5. The number of nitrogens with two attached hydrogens (primary N) is 1. The summed E-state index contributed by atoms with van der Waals surface area (Å²) >= 11 is 0. The number of nitrogens with one attached hydrogen (secondary N) is 1. The molecule has 0 radical (unpaired) electrons. The summed E-state index contributed by atoms with van der Waals surface area (Å²) in [5.41, 5.74) is 9.87.